The molecule has 0 aliphatic carbocycles. The molecule has 1 N–H and O–H groups in total. The summed E-state index contributed by atoms with van der Waals surface area (Å²) in [5.41, 5.74) is 3.46. The lowest BCUT2D eigenvalue weighted by atomic mass is 9.74. The van der Waals surface area contributed by atoms with Crippen molar-refractivity contribution in [2.75, 3.05) is 34.4 Å². The lowest BCUT2D eigenvalue weighted by Crippen LogP contribution is -2.47. The molecule has 1 saturated heterocycles. The van der Waals surface area contributed by atoms with Crippen LogP contribution in [0.25, 0.3) is 10.9 Å². The van der Waals surface area contributed by atoms with Gasteiger partial charge in [-0.15, -0.1) is 0 Å². The molecule has 0 unspecified atom stereocenters. The van der Waals surface area contributed by atoms with Gasteiger partial charge in [-0.25, -0.2) is 4.79 Å². The molecule has 1 fully saturated rings. The summed E-state index contributed by atoms with van der Waals surface area (Å²) in [4.78, 5) is 29.6. The Labute approximate surface area is 186 Å². The van der Waals surface area contributed by atoms with Crippen molar-refractivity contribution in [3.8, 4) is 5.75 Å². The number of aromatic amines is 1. The van der Waals surface area contributed by atoms with Gasteiger partial charge in [-0.05, 0) is 36.3 Å². The van der Waals surface area contributed by atoms with Crippen LogP contribution in [0.1, 0.15) is 37.1 Å². The van der Waals surface area contributed by atoms with Crippen molar-refractivity contribution in [1.29, 1.82) is 0 Å². The highest BCUT2D eigenvalue weighted by molar-refractivity contribution is 5.94. The summed E-state index contributed by atoms with van der Waals surface area (Å²) < 4.78 is 15.8. The largest absolute Gasteiger partial charge is 0.504 e. The van der Waals surface area contributed by atoms with Crippen molar-refractivity contribution in [3.05, 3.63) is 45.3 Å². The molecule has 0 radical (unpaired) electrons. The number of nitro groups is 1. The molecule has 1 aromatic carbocycles. The van der Waals surface area contributed by atoms with Crippen LogP contribution in [0, 0.1) is 22.0 Å². The number of hydrogen-bond acceptors (Lipinski definition) is 7. The Balaban J connectivity index is 1.80. The van der Waals surface area contributed by atoms with Crippen LogP contribution < -0.4 is 4.74 Å². The van der Waals surface area contributed by atoms with Crippen molar-refractivity contribution < 1.29 is 23.9 Å². The Hall–Kier alpha value is -3.07. The van der Waals surface area contributed by atoms with E-state index in [2.05, 4.69) is 16.8 Å². The molecule has 2 aliphatic heterocycles. The van der Waals surface area contributed by atoms with Crippen LogP contribution in [0.2, 0.25) is 0 Å². The van der Waals surface area contributed by atoms with Crippen LogP contribution in [0.4, 0.5) is 5.69 Å². The molecule has 3 atom stereocenters. The smallest absolute Gasteiger partial charge is 0.337 e. The van der Waals surface area contributed by atoms with E-state index in [1.807, 2.05) is 0 Å². The number of carbonyl (C=O) groups excluding carboxylic acids is 1. The van der Waals surface area contributed by atoms with E-state index < -0.39 is 4.92 Å². The maximum absolute atomic E-state index is 12.5. The van der Waals surface area contributed by atoms with Gasteiger partial charge in [0.05, 0.1) is 55.0 Å². The number of esters is 1. The summed E-state index contributed by atoms with van der Waals surface area (Å²) in [5.74, 6) is 0.219. The Morgan fingerprint density at radius 1 is 1.34 bits per heavy atom. The molecule has 0 saturated carbocycles. The van der Waals surface area contributed by atoms with E-state index in [0.29, 0.717) is 17.2 Å². The molecule has 172 valence electrons. The molecule has 0 amide bonds. The lowest BCUT2D eigenvalue weighted by Gasteiger charge is -2.46. The monoisotopic (exact) mass is 443 g/mol. The predicted octanol–water partition coefficient (Wildman–Crippen LogP) is 3.73. The molecule has 2 aliphatic rings. The summed E-state index contributed by atoms with van der Waals surface area (Å²) >= 11 is 0. The molecular formula is C23H29N3O6. The molecular weight excluding hydrogens is 414 g/mol. The predicted molar refractivity (Wildman–Crippen MR) is 119 cm³/mol. The SMILES string of the molecule is CC[C@@H]1CN2CCc3c([nH]c4ccc([N+](=O)[O-])c(OC)c34)[C@@H]2C[C@@H]1C(=COC)C(=O)OC. The summed E-state index contributed by atoms with van der Waals surface area (Å²) in [5, 5.41) is 12.3. The Morgan fingerprint density at radius 2 is 2.12 bits per heavy atom. The van der Waals surface area contributed by atoms with E-state index in [1.54, 1.807) is 6.07 Å². The normalized spacial score (nSPS) is 23.4. The number of piperidine rings is 1. The highest BCUT2D eigenvalue weighted by atomic mass is 16.6. The first kappa shape index (κ1) is 22.1. The van der Waals surface area contributed by atoms with E-state index in [4.69, 9.17) is 14.2 Å². The van der Waals surface area contributed by atoms with E-state index in [-0.39, 0.29) is 23.6 Å². The number of ether oxygens (including phenoxy) is 3. The van der Waals surface area contributed by atoms with Crippen molar-refractivity contribution in [3.63, 3.8) is 0 Å². The van der Waals surface area contributed by atoms with E-state index in [1.165, 1.54) is 33.7 Å². The lowest BCUT2D eigenvalue weighted by molar-refractivity contribution is -0.385. The van der Waals surface area contributed by atoms with Gasteiger partial charge in [-0.2, -0.15) is 0 Å². The van der Waals surface area contributed by atoms with Gasteiger partial charge in [0.2, 0.25) is 5.75 Å². The van der Waals surface area contributed by atoms with Crippen molar-refractivity contribution in [2.45, 2.75) is 32.2 Å². The van der Waals surface area contributed by atoms with Crippen LogP contribution >= 0.6 is 0 Å². The fourth-order valence-corrected chi connectivity index (χ4v) is 5.49. The number of aromatic nitrogens is 1. The van der Waals surface area contributed by atoms with Gasteiger partial charge in [0, 0.05) is 24.8 Å². The number of rotatable bonds is 6. The summed E-state index contributed by atoms with van der Waals surface area (Å²) in [6, 6.07) is 3.29. The number of carbonyl (C=O) groups is 1. The first-order valence-electron chi connectivity index (χ1n) is 10.9. The Morgan fingerprint density at radius 3 is 2.75 bits per heavy atom. The molecule has 4 rings (SSSR count). The molecule has 0 bridgehead atoms. The second-order valence-corrected chi connectivity index (χ2v) is 8.39. The molecule has 1 aromatic heterocycles. The third kappa shape index (κ3) is 3.50. The number of fused-ring (bicyclic) bond motifs is 5. The van der Waals surface area contributed by atoms with Crippen LogP contribution in [-0.2, 0) is 20.7 Å². The molecule has 0 spiro atoms. The topological polar surface area (TPSA) is 107 Å². The summed E-state index contributed by atoms with van der Waals surface area (Å²) in [7, 11) is 4.39. The second-order valence-electron chi connectivity index (χ2n) is 8.39. The maximum Gasteiger partial charge on any atom is 0.337 e. The molecule has 32 heavy (non-hydrogen) atoms. The zero-order chi connectivity index (χ0) is 23.0. The first-order chi connectivity index (χ1) is 15.4. The summed E-state index contributed by atoms with van der Waals surface area (Å²) in [6.45, 7) is 3.85. The van der Waals surface area contributed by atoms with Crippen LogP contribution in [-0.4, -0.2) is 55.2 Å². The highest BCUT2D eigenvalue weighted by Gasteiger charge is 2.43. The fraction of sp³-hybridized carbons (Fsp3) is 0.522. The Kier molecular flexibility index (Phi) is 6.10. The number of nitrogens with one attached hydrogen (secondary N) is 1. The van der Waals surface area contributed by atoms with Crippen LogP contribution in [0.15, 0.2) is 24.0 Å². The third-order valence-corrected chi connectivity index (χ3v) is 6.96. The van der Waals surface area contributed by atoms with Gasteiger partial charge < -0.3 is 19.2 Å². The van der Waals surface area contributed by atoms with Gasteiger partial charge in [0.1, 0.15) is 0 Å². The first-order valence-corrected chi connectivity index (χ1v) is 10.9. The third-order valence-electron chi connectivity index (χ3n) is 6.96. The van der Waals surface area contributed by atoms with E-state index in [9.17, 15) is 14.9 Å². The Bertz CT molecular complexity index is 1080. The number of nitrogens with zero attached hydrogens (tertiary/aromatic N) is 2. The fourth-order valence-electron chi connectivity index (χ4n) is 5.49. The van der Waals surface area contributed by atoms with Gasteiger partial charge in [0.15, 0.2) is 0 Å². The summed E-state index contributed by atoms with van der Waals surface area (Å²) in [6.07, 6.45) is 3.96. The number of H-pyrrole nitrogens is 1. The van der Waals surface area contributed by atoms with Crippen molar-refractivity contribution >= 4 is 22.6 Å². The maximum atomic E-state index is 12.5. The van der Waals surface area contributed by atoms with Crippen LogP contribution in [0.5, 0.6) is 5.75 Å². The minimum Gasteiger partial charge on any atom is -0.504 e. The molecule has 2 aromatic rings. The number of nitro benzene ring substituents is 1. The van der Waals surface area contributed by atoms with Gasteiger partial charge in [-0.3, -0.25) is 15.0 Å². The molecule has 3 heterocycles. The average Bonchev–Trinajstić information content (AvgIpc) is 3.19. The minimum absolute atomic E-state index is 0.0118. The number of benzene rings is 1. The average molecular weight is 444 g/mol. The number of methoxy groups -OCH3 is 3. The minimum atomic E-state index is -0.409. The molecule has 9 nitrogen and oxygen atoms in total. The van der Waals surface area contributed by atoms with Crippen molar-refractivity contribution in [2.24, 2.45) is 11.8 Å². The van der Waals surface area contributed by atoms with E-state index in [0.717, 1.165) is 54.5 Å². The van der Waals surface area contributed by atoms with E-state index >= 15 is 0 Å². The number of hydrogen-bond donors (Lipinski definition) is 1. The second kappa shape index (κ2) is 8.82. The zero-order valence-corrected chi connectivity index (χ0v) is 18.8. The van der Waals surface area contributed by atoms with Crippen LogP contribution in [0.3, 0.4) is 0 Å². The van der Waals surface area contributed by atoms with Gasteiger partial charge >= 0.3 is 11.7 Å². The van der Waals surface area contributed by atoms with Gasteiger partial charge in [0.25, 0.3) is 0 Å². The van der Waals surface area contributed by atoms with Crippen molar-refractivity contribution in [1.82, 2.24) is 9.88 Å². The zero-order valence-electron chi connectivity index (χ0n) is 18.8. The highest BCUT2D eigenvalue weighted by Crippen LogP contribution is 2.48. The quantitative estimate of drug-likeness (QED) is 0.238. The van der Waals surface area contributed by atoms with Gasteiger partial charge in [-0.1, -0.05) is 13.3 Å². The molecule has 9 heteroatoms. The standard InChI is InChI=1S/C23H29N3O6/c1-5-13-11-25-9-8-14-20-17(6-7-18(26(28)29)22(20)31-3)24-21(14)19(25)10-15(13)16(12-30-2)23(27)32-4/h6-7,12-13,15,19,24H,5,8-11H2,1-4H3/t13-,15+,19+/m1/s1.